The van der Waals surface area contributed by atoms with Gasteiger partial charge in [0.15, 0.2) is 6.04 Å². The van der Waals surface area contributed by atoms with Crippen molar-refractivity contribution in [2.75, 3.05) is 0 Å². The lowest BCUT2D eigenvalue weighted by molar-refractivity contribution is -0.135. The van der Waals surface area contributed by atoms with Gasteiger partial charge in [0.05, 0.1) is 0 Å². The van der Waals surface area contributed by atoms with Crippen LogP contribution >= 0.6 is 0 Å². The Morgan fingerprint density at radius 3 is 2.59 bits per heavy atom. The molecule has 1 aromatic rings. The van der Waals surface area contributed by atoms with Gasteiger partial charge in [0.2, 0.25) is 0 Å². The van der Waals surface area contributed by atoms with Crippen molar-refractivity contribution >= 4 is 16.5 Å². The van der Waals surface area contributed by atoms with Crippen molar-refractivity contribution < 1.29 is 17.9 Å². The molecule has 5 nitrogen and oxygen atoms in total. The average Bonchev–Trinajstić information content (AvgIpc) is 2.29. The molecule has 6 heteroatoms. The number of hydrogen-bond acceptors (Lipinski definition) is 5. The van der Waals surface area contributed by atoms with Gasteiger partial charge in [-0.25, -0.2) is 4.79 Å². The van der Waals surface area contributed by atoms with E-state index in [9.17, 15) is 13.2 Å². The van der Waals surface area contributed by atoms with E-state index in [1.54, 1.807) is 30.3 Å². The first-order chi connectivity index (χ1) is 8.13. The van der Waals surface area contributed by atoms with Gasteiger partial charge in [-0.1, -0.05) is 24.3 Å². The molecule has 1 rings (SSSR count). The van der Waals surface area contributed by atoms with E-state index in [0.29, 0.717) is 5.75 Å². The fourth-order valence-corrected chi connectivity index (χ4v) is 1.50. The maximum atomic E-state index is 11.6. The summed E-state index contributed by atoms with van der Waals surface area (Å²) in [6.07, 6.45) is 1.52. The Kier molecular flexibility index (Phi) is 5.09. The van der Waals surface area contributed by atoms with Crippen LogP contribution in [0.3, 0.4) is 0 Å². The standard InChI is InChI=1S/C11H11NO4S/c1-2-6-10(12-17(14)15)11(13)16-9-7-4-3-5-8-9/h2-5,7-8,10H,1,6H2. The van der Waals surface area contributed by atoms with E-state index in [2.05, 4.69) is 10.9 Å². The summed E-state index contributed by atoms with van der Waals surface area (Å²) in [5.74, 6) is -0.376. The maximum absolute atomic E-state index is 11.6. The van der Waals surface area contributed by atoms with Gasteiger partial charge >= 0.3 is 16.5 Å². The van der Waals surface area contributed by atoms with Gasteiger partial charge in [0.25, 0.3) is 0 Å². The van der Waals surface area contributed by atoms with Crippen molar-refractivity contribution in [1.29, 1.82) is 0 Å². The third-order valence-corrected chi connectivity index (χ3v) is 2.26. The van der Waals surface area contributed by atoms with Gasteiger partial charge in [-0.2, -0.15) is 12.8 Å². The molecule has 0 saturated carbocycles. The van der Waals surface area contributed by atoms with Gasteiger partial charge in [-0.05, 0) is 18.6 Å². The highest BCUT2D eigenvalue weighted by atomic mass is 32.2. The highest BCUT2D eigenvalue weighted by Crippen LogP contribution is 2.11. The van der Waals surface area contributed by atoms with Crippen molar-refractivity contribution in [1.82, 2.24) is 0 Å². The van der Waals surface area contributed by atoms with Gasteiger partial charge in [0.1, 0.15) is 5.75 Å². The first kappa shape index (κ1) is 13.1. The van der Waals surface area contributed by atoms with Crippen molar-refractivity contribution in [3.05, 3.63) is 43.0 Å². The summed E-state index contributed by atoms with van der Waals surface area (Å²) in [4.78, 5) is 11.6. The molecule has 90 valence electrons. The van der Waals surface area contributed by atoms with Crippen LogP contribution in [0.2, 0.25) is 0 Å². The topological polar surface area (TPSA) is 72.8 Å². The quantitative estimate of drug-likeness (QED) is 0.454. The number of rotatable bonds is 5. The van der Waals surface area contributed by atoms with E-state index in [-0.39, 0.29) is 6.42 Å². The molecule has 0 heterocycles. The summed E-state index contributed by atoms with van der Waals surface area (Å²) in [5, 5.41) is 0. The van der Waals surface area contributed by atoms with Crippen molar-refractivity contribution in [2.24, 2.45) is 4.36 Å². The van der Waals surface area contributed by atoms with Crippen LogP contribution in [0.4, 0.5) is 0 Å². The molecule has 0 aliphatic heterocycles. The minimum absolute atomic E-state index is 0.111. The van der Waals surface area contributed by atoms with Crippen molar-refractivity contribution in [3.63, 3.8) is 0 Å². The molecule has 0 N–H and O–H groups in total. The minimum Gasteiger partial charge on any atom is -0.425 e. The molecule has 1 aromatic carbocycles. The number of hydrogen-bond donors (Lipinski definition) is 0. The monoisotopic (exact) mass is 253 g/mol. The second kappa shape index (κ2) is 6.59. The van der Waals surface area contributed by atoms with Crippen LogP contribution in [0.5, 0.6) is 5.75 Å². The Bertz CT molecular complexity index is 514. The Morgan fingerprint density at radius 1 is 1.41 bits per heavy atom. The van der Waals surface area contributed by atoms with Gasteiger partial charge in [-0.15, -0.1) is 6.58 Å². The van der Waals surface area contributed by atoms with E-state index in [4.69, 9.17) is 4.74 Å². The van der Waals surface area contributed by atoms with E-state index in [1.165, 1.54) is 6.08 Å². The Morgan fingerprint density at radius 2 is 2.06 bits per heavy atom. The smallest absolute Gasteiger partial charge is 0.337 e. The van der Waals surface area contributed by atoms with Crippen LogP contribution in [0.15, 0.2) is 47.3 Å². The molecule has 0 aromatic heterocycles. The second-order valence-electron chi connectivity index (χ2n) is 3.10. The summed E-state index contributed by atoms with van der Waals surface area (Å²) < 4.78 is 29.1. The third-order valence-electron chi connectivity index (χ3n) is 1.84. The number of nitrogens with zero attached hydrogens (tertiary/aromatic N) is 1. The highest BCUT2D eigenvalue weighted by Gasteiger charge is 2.19. The van der Waals surface area contributed by atoms with Gasteiger partial charge < -0.3 is 4.74 Å². The maximum Gasteiger partial charge on any atom is 0.337 e. The van der Waals surface area contributed by atoms with E-state index in [0.717, 1.165) is 0 Å². The number of carbonyl (C=O) groups excluding carboxylic acids is 1. The van der Waals surface area contributed by atoms with E-state index in [1.807, 2.05) is 0 Å². The second-order valence-corrected chi connectivity index (χ2v) is 3.74. The molecule has 0 fully saturated rings. The van der Waals surface area contributed by atoms with Crippen LogP contribution in [0.1, 0.15) is 6.42 Å². The normalized spacial score (nSPS) is 11.3. The number of esters is 1. The molecule has 0 spiro atoms. The minimum atomic E-state index is -2.65. The summed E-state index contributed by atoms with van der Waals surface area (Å²) >= 11 is 0. The van der Waals surface area contributed by atoms with E-state index >= 15 is 0 Å². The number of para-hydroxylation sites is 1. The Balaban J connectivity index is 2.79. The highest BCUT2D eigenvalue weighted by molar-refractivity contribution is 7.61. The molecule has 0 aliphatic carbocycles. The fourth-order valence-electron chi connectivity index (χ4n) is 1.12. The fraction of sp³-hybridized carbons (Fsp3) is 0.182. The van der Waals surface area contributed by atoms with Crippen LogP contribution in [-0.2, 0) is 15.3 Å². The lowest BCUT2D eigenvalue weighted by Crippen LogP contribution is -2.23. The summed E-state index contributed by atoms with van der Waals surface area (Å²) in [6.45, 7) is 3.43. The number of benzene rings is 1. The summed E-state index contributed by atoms with van der Waals surface area (Å²) in [5.41, 5.74) is 0. The van der Waals surface area contributed by atoms with Crippen LogP contribution in [0.25, 0.3) is 0 Å². The van der Waals surface area contributed by atoms with Crippen LogP contribution in [0, 0.1) is 0 Å². The van der Waals surface area contributed by atoms with Crippen LogP contribution in [-0.4, -0.2) is 20.4 Å². The van der Waals surface area contributed by atoms with Crippen LogP contribution < -0.4 is 4.74 Å². The van der Waals surface area contributed by atoms with Crippen molar-refractivity contribution in [2.45, 2.75) is 12.5 Å². The SMILES string of the molecule is C=CCC(N=S(=O)=O)C(=O)Oc1ccccc1. The Hall–Kier alpha value is -1.95. The largest absolute Gasteiger partial charge is 0.425 e. The lowest BCUT2D eigenvalue weighted by Gasteiger charge is -2.07. The zero-order valence-corrected chi connectivity index (χ0v) is 9.76. The number of ether oxygens (including phenoxy) is 1. The van der Waals surface area contributed by atoms with E-state index < -0.39 is 22.5 Å². The zero-order valence-electron chi connectivity index (χ0n) is 8.94. The lowest BCUT2D eigenvalue weighted by atomic mass is 10.2. The first-order valence-corrected chi connectivity index (χ1v) is 5.84. The van der Waals surface area contributed by atoms with Crippen molar-refractivity contribution in [3.8, 4) is 5.75 Å². The molecular weight excluding hydrogens is 242 g/mol. The molecule has 0 radical (unpaired) electrons. The molecule has 1 atom stereocenters. The van der Waals surface area contributed by atoms with Gasteiger partial charge in [-0.3, -0.25) is 0 Å². The number of carbonyl (C=O) groups is 1. The molecule has 0 aliphatic rings. The Labute approximate surface area is 100 Å². The zero-order chi connectivity index (χ0) is 12.7. The predicted octanol–water partition coefficient (Wildman–Crippen LogP) is 1.60. The molecule has 0 saturated heterocycles. The molecular formula is C11H11NO4S. The molecule has 0 bridgehead atoms. The first-order valence-electron chi connectivity index (χ1n) is 4.81. The molecule has 1 unspecified atom stereocenters. The average molecular weight is 253 g/mol. The third kappa shape index (κ3) is 4.60. The molecule has 0 amide bonds. The van der Waals surface area contributed by atoms with Gasteiger partial charge in [0, 0.05) is 0 Å². The molecule has 17 heavy (non-hydrogen) atoms. The summed E-state index contributed by atoms with van der Waals surface area (Å²) in [6, 6.07) is 7.29. The predicted molar refractivity (Wildman–Crippen MR) is 62.0 cm³/mol. The summed E-state index contributed by atoms with van der Waals surface area (Å²) in [7, 11) is -2.65.